The molecule has 0 aliphatic carbocycles. The molecule has 7 nitrogen and oxygen atoms in total. The second-order valence-corrected chi connectivity index (χ2v) is 1.99. The Hall–Kier alpha value is -1.89. The van der Waals surface area contributed by atoms with Gasteiger partial charge >= 0.3 is 11.7 Å². The predicted octanol–water partition coefficient (Wildman–Crippen LogP) is -0.474. The first-order chi connectivity index (χ1) is 5.65. The van der Waals surface area contributed by atoms with Crippen molar-refractivity contribution in [1.82, 2.24) is 10.4 Å². The van der Waals surface area contributed by atoms with Crippen molar-refractivity contribution in [2.75, 3.05) is 0 Å². The second-order valence-electron chi connectivity index (χ2n) is 1.99. The van der Waals surface area contributed by atoms with Gasteiger partial charge in [0.1, 0.15) is 0 Å². The largest absolute Gasteiger partial charge is 0.358 e. The van der Waals surface area contributed by atoms with E-state index < -0.39 is 10.8 Å². The number of nitrogens with two attached hydrogens (primary N) is 1. The monoisotopic (exact) mass is 170 g/mol. The third-order valence-corrected chi connectivity index (χ3v) is 1.24. The number of carbonyl (C=O) groups excluding carboxylic acids is 1. The first kappa shape index (κ1) is 8.21. The van der Waals surface area contributed by atoms with Gasteiger partial charge in [0.15, 0.2) is 5.69 Å². The minimum atomic E-state index is -0.632. The smallest absolute Gasteiger partial charge is 0.321 e. The molecule has 4 N–H and O–H groups in total. The summed E-state index contributed by atoms with van der Waals surface area (Å²) in [7, 11) is 0. The van der Waals surface area contributed by atoms with E-state index in [0.29, 0.717) is 0 Å². The van der Waals surface area contributed by atoms with Crippen molar-refractivity contribution in [2.45, 2.75) is 0 Å². The molecule has 0 aliphatic heterocycles. The van der Waals surface area contributed by atoms with Gasteiger partial charge in [0.25, 0.3) is 0 Å². The molecule has 1 rings (SSSR count). The summed E-state index contributed by atoms with van der Waals surface area (Å²) >= 11 is 0. The molecule has 0 atom stereocenters. The number of carbonyl (C=O) groups is 1. The van der Waals surface area contributed by atoms with Crippen molar-refractivity contribution in [3.63, 3.8) is 0 Å². The molecule has 1 amide bonds. The van der Waals surface area contributed by atoms with Crippen LogP contribution in [-0.4, -0.2) is 15.8 Å². The molecule has 0 aliphatic rings. The van der Waals surface area contributed by atoms with E-state index in [1.807, 2.05) is 5.43 Å². The van der Waals surface area contributed by atoms with Crippen LogP contribution < -0.4 is 11.3 Å². The maximum absolute atomic E-state index is 10.8. The predicted molar refractivity (Wildman–Crippen MR) is 39.1 cm³/mol. The number of hydrazine groups is 1. The first-order valence-corrected chi connectivity index (χ1v) is 2.99. The van der Waals surface area contributed by atoms with Gasteiger partial charge in [-0.3, -0.25) is 10.2 Å². The molecule has 0 radical (unpaired) electrons. The van der Waals surface area contributed by atoms with Crippen LogP contribution in [0.3, 0.4) is 0 Å². The standard InChI is InChI=1S/C5H6N4O3/c6-8-5(10)3-1-2-4(7-3)9(11)12/h1-2,7H,6H2,(H,8,10). The van der Waals surface area contributed by atoms with E-state index >= 15 is 0 Å². The number of nitrogens with one attached hydrogen (secondary N) is 2. The fraction of sp³-hybridized carbons (Fsp3) is 0. The molecule has 1 aromatic heterocycles. The number of hydrogen-bond acceptors (Lipinski definition) is 4. The maximum Gasteiger partial charge on any atom is 0.321 e. The van der Waals surface area contributed by atoms with Crippen molar-refractivity contribution in [1.29, 1.82) is 0 Å². The van der Waals surface area contributed by atoms with Crippen LogP contribution in [0.2, 0.25) is 0 Å². The molecule has 0 spiro atoms. The van der Waals surface area contributed by atoms with Crippen LogP contribution >= 0.6 is 0 Å². The summed E-state index contributed by atoms with van der Waals surface area (Å²) in [5.74, 6) is 3.96. The van der Waals surface area contributed by atoms with Gasteiger partial charge in [-0.15, -0.1) is 0 Å². The van der Waals surface area contributed by atoms with E-state index in [1.54, 1.807) is 0 Å². The molecule has 0 fully saturated rings. The Morgan fingerprint density at radius 3 is 2.75 bits per heavy atom. The van der Waals surface area contributed by atoms with Crippen LogP contribution in [0.15, 0.2) is 12.1 Å². The third-order valence-electron chi connectivity index (χ3n) is 1.24. The van der Waals surface area contributed by atoms with Gasteiger partial charge in [-0.05, 0) is 11.0 Å². The fourth-order valence-corrected chi connectivity index (χ4v) is 0.700. The Bertz CT molecular complexity index is 318. The summed E-state index contributed by atoms with van der Waals surface area (Å²) in [6.07, 6.45) is 0. The van der Waals surface area contributed by atoms with Crippen molar-refractivity contribution in [2.24, 2.45) is 5.84 Å². The highest BCUT2D eigenvalue weighted by molar-refractivity contribution is 5.92. The number of nitrogen functional groups attached to an aromatic ring is 1. The quantitative estimate of drug-likeness (QED) is 0.241. The van der Waals surface area contributed by atoms with Gasteiger partial charge in [0, 0.05) is 6.07 Å². The molecule has 1 aromatic rings. The Morgan fingerprint density at radius 2 is 2.33 bits per heavy atom. The van der Waals surface area contributed by atoms with E-state index in [1.165, 1.54) is 12.1 Å². The Balaban J connectivity index is 2.91. The number of hydrogen-bond donors (Lipinski definition) is 3. The number of H-pyrrole nitrogens is 1. The molecule has 1 heterocycles. The number of nitro groups is 1. The molecular weight excluding hydrogens is 164 g/mol. The molecule has 7 heteroatoms. The average molecular weight is 170 g/mol. The lowest BCUT2D eigenvalue weighted by Gasteiger charge is -1.90. The number of aromatic amines is 1. The van der Waals surface area contributed by atoms with Gasteiger partial charge < -0.3 is 10.1 Å². The topological polar surface area (TPSA) is 114 Å². The van der Waals surface area contributed by atoms with E-state index in [9.17, 15) is 14.9 Å². The zero-order valence-electron chi connectivity index (χ0n) is 5.90. The van der Waals surface area contributed by atoms with Crippen LogP contribution in [-0.2, 0) is 0 Å². The molecule has 0 unspecified atom stereocenters. The van der Waals surface area contributed by atoms with Crippen molar-refractivity contribution in [3.05, 3.63) is 27.9 Å². The number of rotatable bonds is 2. The van der Waals surface area contributed by atoms with E-state index in [0.717, 1.165) is 0 Å². The normalized spacial score (nSPS) is 9.42. The highest BCUT2D eigenvalue weighted by Crippen LogP contribution is 2.08. The zero-order chi connectivity index (χ0) is 9.14. The lowest BCUT2D eigenvalue weighted by Crippen LogP contribution is -2.30. The molecule has 0 aromatic carbocycles. The van der Waals surface area contributed by atoms with Crippen molar-refractivity contribution in [3.8, 4) is 0 Å². The number of nitrogens with zero attached hydrogens (tertiary/aromatic N) is 1. The van der Waals surface area contributed by atoms with Crippen LogP contribution in [0.25, 0.3) is 0 Å². The minimum Gasteiger partial charge on any atom is -0.358 e. The molecule has 0 saturated heterocycles. The van der Waals surface area contributed by atoms with Gasteiger partial charge in [-0.25, -0.2) is 10.8 Å². The van der Waals surface area contributed by atoms with E-state index in [4.69, 9.17) is 5.84 Å². The van der Waals surface area contributed by atoms with E-state index in [2.05, 4.69) is 4.98 Å². The van der Waals surface area contributed by atoms with Gasteiger partial charge in [-0.1, -0.05) is 0 Å². The Labute approximate surface area is 66.7 Å². The molecule has 12 heavy (non-hydrogen) atoms. The molecule has 64 valence electrons. The van der Waals surface area contributed by atoms with Crippen molar-refractivity contribution < 1.29 is 9.72 Å². The van der Waals surface area contributed by atoms with Crippen molar-refractivity contribution >= 4 is 11.7 Å². The number of amides is 1. The molecule has 0 bridgehead atoms. The second kappa shape index (κ2) is 3.01. The summed E-state index contributed by atoms with van der Waals surface area (Å²) in [6, 6.07) is 2.46. The summed E-state index contributed by atoms with van der Waals surface area (Å²) < 4.78 is 0. The zero-order valence-corrected chi connectivity index (χ0v) is 5.90. The van der Waals surface area contributed by atoms with Crippen LogP contribution in [0, 0.1) is 10.1 Å². The highest BCUT2D eigenvalue weighted by atomic mass is 16.6. The fourth-order valence-electron chi connectivity index (χ4n) is 0.700. The summed E-state index contributed by atoms with van der Waals surface area (Å²) in [4.78, 5) is 22.5. The first-order valence-electron chi connectivity index (χ1n) is 2.99. The third kappa shape index (κ3) is 1.40. The van der Waals surface area contributed by atoms with Gasteiger partial charge in [0.05, 0.1) is 0 Å². The van der Waals surface area contributed by atoms with E-state index in [-0.39, 0.29) is 11.5 Å². The number of aromatic nitrogens is 1. The van der Waals surface area contributed by atoms with Crippen LogP contribution in [0.5, 0.6) is 0 Å². The van der Waals surface area contributed by atoms with Crippen LogP contribution in [0.4, 0.5) is 5.82 Å². The maximum atomic E-state index is 10.8. The summed E-state index contributed by atoms with van der Waals surface area (Å²) in [5, 5.41) is 10.1. The summed E-state index contributed by atoms with van der Waals surface area (Å²) in [5.41, 5.74) is 1.90. The lowest BCUT2D eigenvalue weighted by molar-refractivity contribution is -0.389. The van der Waals surface area contributed by atoms with Crippen LogP contribution in [0.1, 0.15) is 10.5 Å². The highest BCUT2D eigenvalue weighted by Gasteiger charge is 2.13. The Morgan fingerprint density at radius 1 is 1.67 bits per heavy atom. The molecule has 0 saturated carbocycles. The summed E-state index contributed by atoms with van der Waals surface area (Å²) in [6.45, 7) is 0. The molecular formula is C5H6N4O3. The minimum absolute atomic E-state index is 0.0594. The lowest BCUT2D eigenvalue weighted by atomic mass is 10.4. The average Bonchev–Trinajstić information content (AvgIpc) is 2.51. The Kier molecular flexibility index (Phi) is 2.06. The van der Waals surface area contributed by atoms with Gasteiger partial charge in [-0.2, -0.15) is 0 Å². The SMILES string of the molecule is NNC(=O)c1ccc([N+](=O)[O-])[nH]1. The van der Waals surface area contributed by atoms with Gasteiger partial charge in [0.2, 0.25) is 0 Å².